The second-order valence-corrected chi connectivity index (χ2v) is 9.84. The molecule has 0 bridgehead atoms. The Morgan fingerprint density at radius 1 is 0.971 bits per heavy atom. The average molecular weight is 486 g/mol. The van der Waals surface area contributed by atoms with Gasteiger partial charge < -0.3 is 5.32 Å². The van der Waals surface area contributed by atoms with E-state index in [0.717, 1.165) is 46.7 Å². The third-order valence-corrected chi connectivity index (χ3v) is 7.17. The van der Waals surface area contributed by atoms with Gasteiger partial charge in [-0.15, -0.1) is 10.2 Å². The van der Waals surface area contributed by atoms with Gasteiger partial charge in [0.1, 0.15) is 0 Å². The summed E-state index contributed by atoms with van der Waals surface area (Å²) in [6.45, 7) is 10.2. The first-order valence-electron chi connectivity index (χ1n) is 11.9. The molecule has 180 valence electrons. The molecule has 0 aliphatic carbocycles. The van der Waals surface area contributed by atoms with Crippen molar-refractivity contribution >= 4 is 23.4 Å². The van der Waals surface area contributed by atoms with Crippen molar-refractivity contribution in [3.63, 3.8) is 0 Å². The topological polar surface area (TPSA) is 72.7 Å². The van der Waals surface area contributed by atoms with Gasteiger partial charge >= 0.3 is 0 Å². The number of carbonyl (C=O) groups is 1. The molecular weight excluding hydrogens is 454 g/mol. The zero-order valence-electron chi connectivity index (χ0n) is 20.9. The lowest BCUT2D eigenvalue weighted by Crippen LogP contribution is -2.24. The maximum atomic E-state index is 13.2. The molecule has 6 nitrogen and oxygen atoms in total. The van der Waals surface area contributed by atoms with E-state index in [1.807, 2.05) is 51.1 Å². The number of anilines is 1. The van der Waals surface area contributed by atoms with Gasteiger partial charge in [0.05, 0.1) is 10.9 Å². The highest BCUT2D eigenvalue weighted by Gasteiger charge is 2.24. The van der Waals surface area contributed by atoms with Crippen LogP contribution in [0, 0.1) is 13.8 Å². The van der Waals surface area contributed by atoms with Crippen LogP contribution in [0.25, 0.3) is 17.1 Å². The first-order valence-corrected chi connectivity index (χ1v) is 12.8. The number of hydrogen-bond donors (Lipinski definition) is 1. The van der Waals surface area contributed by atoms with E-state index in [0.29, 0.717) is 5.16 Å². The molecule has 35 heavy (non-hydrogen) atoms. The fourth-order valence-corrected chi connectivity index (χ4v) is 5.03. The molecule has 1 unspecified atom stereocenters. The van der Waals surface area contributed by atoms with E-state index in [1.54, 1.807) is 12.4 Å². The molecule has 0 aliphatic heterocycles. The Kier molecular flexibility index (Phi) is 7.66. The van der Waals surface area contributed by atoms with Crippen molar-refractivity contribution < 1.29 is 4.79 Å². The Hall–Kier alpha value is -3.45. The number of carbonyl (C=O) groups excluding carboxylic acids is 1. The van der Waals surface area contributed by atoms with Crippen LogP contribution in [0.4, 0.5) is 5.69 Å². The number of benzene rings is 2. The van der Waals surface area contributed by atoms with Gasteiger partial charge in [-0.1, -0.05) is 62.0 Å². The van der Waals surface area contributed by atoms with E-state index >= 15 is 0 Å². The number of nitrogens with one attached hydrogen (secondary N) is 1. The Morgan fingerprint density at radius 3 is 2.23 bits per heavy atom. The molecule has 0 radical (unpaired) electrons. The molecule has 4 rings (SSSR count). The number of nitrogens with zero attached hydrogens (tertiary/aromatic N) is 4. The molecule has 2 heterocycles. The highest BCUT2D eigenvalue weighted by Crippen LogP contribution is 2.34. The van der Waals surface area contributed by atoms with Gasteiger partial charge in [0.2, 0.25) is 5.91 Å². The molecule has 1 atom stereocenters. The van der Waals surface area contributed by atoms with Gasteiger partial charge in [-0.25, -0.2) is 0 Å². The van der Waals surface area contributed by atoms with Gasteiger partial charge in [0.25, 0.3) is 0 Å². The maximum Gasteiger partial charge on any atom is 0.237 e. The number of hydrogen-bond acceptors (Lipinski definition) is 5. The minimum Gasteiger partial charge on any atom is -0.325 e. The number of rotatable bonds is 8. The van der Waals surface area contributed by atoms with Crippen LogP contribution in [-0.4, -0.2) is 30.9 Å². The summed E-state index contributed by atoms with van der Waals surface area (Å²) in [7, 11) is 0. The predicted octanol–water partition coefficient (Wildman–Crippen LogP) is 6.19. The van der Waals surface area contributed by atoms with E-state index < -0.39 is 0 Å². The van der Waals surface area contributed by atoms with Crippen LogP contribution in [0.5, 0.6) is 0 Å². The monoisotopic (exact) mass is 485 g/mol. The van der Waals surface area contributed by atoms with Crippen molar-refractivity contribution in [1.82, 2.24) is 19.7 Å². The molecule has 0 saturated carbocycles. The summed E-state index contributed by atoms with van der Waals surface area (Å²) in [6.07, 6.45) is 5.30. The molecule has 2 aromatic heterocycles. The first kappa shape index (κ1) is 24.7. The van der Waals surface area contributed by atoms with Crippen molar-refractivity contribution in [3.05, 3.63) is 83.2 Å². The highest BCUT2D eigenvalue weighted by molar-refractivity contribution is 8.00. The minimum absolute atomic E-state index is 0.0654. The molecule has 1 N–H and O–H groups in total. The number of aromatic nitrogens is 4. The molecule has 0 fully saturated rings. The zero-order valence-corrected chi connectivity index (χ0v) is 21.7. The minimum atomic E-state index is -0.377. The Bertz CT molecular complexity index is 1290. The zero-order chi connectivity index (χ0) is 24.9. The largest absolute Gasteiger partial charge is 0.325 e. The van der Waals surface area contributed by atoms with E-state index in [1.165, 1.54) is 22.9 Å². The van der Waals surface area contributed by atoms with Crippen LogP contribution >= 0.6 is 11.8 Å². The standard InChI is InChI=1S/C28H31N5OS/c1-6-21-13-9-14-22(7-2)25(21)33-26(23-15-10-16-29-17-23)31-32-28(33)35-20(5)27(34)30-24-18(3)11-8-12-19(24)4/h8-17,20H,6-7H2,1-5H3,(H,30,34). The molecule has 4 aromatic rings. The summed E-state index contributed by atoms with van der Waals surface area (Å²) in [4.78, 5) is 17.5. The molecule has 7 heteroatoms. The lowest BCUT2D eigenvalue weighted by molar-refractivity contribution is -0.115. The molecule has 2 aromatic carbocycles. The fourth-order valence-electron chi connectivity index (χ4n) is 4.18. The van der Waals surface area contributed by atoms with Crippen LogP contribution in [0.1, 0.15) is 43.0 Å². The fraction of sp³-hybridized carbons (Fsp3) is 0.286. The maximum absolute atomic E-state index is 13.2. The first-order chi connectivity index (χ1) is 16.9. The highest BCUT2D eigenvalue weighted by atomic mass is 32.2. The number of pyridine rings is 1. The van der Waals surface area contributed by atoms with Gasteiger partial charge in [0.15, 0.2) is 11.0 Å². The molecule has 0 spiro atoms. The average Bonchev–Trinajstić information content (AvgIpc) is 3.28. The quantitative estimate of drug-likeness (QED) is 0.301. The van der Waals surface area contributed by atoms with E-state index in [-0.39, 0.29) is 11.2 Å². The summed E-state index contributed by atoms with van der Waals surface area (Å²) in [6, 6.07) is 16.3. The number of thioether (sulfide) groups is 1. The van der Waals surface area contributed by atoms with Gasteiger partial charge in [0, 0.05) is 23.6 Å². The van der Waals surface area contributed by atoms with Crippen molar-refractivity contribution in [1.29, 1.82) is 0 Å². The third kappa shape index (κ3) is 5.15. The summed E-state index contributed by atoms with van der Waals surface area (Å²) in [5, 5.41) is 12.5. The number of aryl methyl sites for hydroxylation is 4. The summed E-state index contributed by atoms with van der Waals surface area (Å²) >= 11 is 1.41. The van der Waals surface area contributed by atoms with Gasteiger partial charge in [-0.05, 0) is 68.0 Å². The van der Waals surface area contributed by atoms with Gasteiger partial charge in [-0.3, -0.25) is 14.3 Å². The smallest absolute Gasteiger partial charge is 0.237 e. The van der Waals surface area contributed by atoms with Crippen LogP contribution in [0.3, 0.4) is 0 Å². The van der Waals surface area contributed by atoms with Crippen LogP contribution in [0.15, 0.2) is 66.1 Å². The Balaban J connectivity index is 1.75. The summed E-state index contributed by atoms with van der Waals surface area (Å²) < 4.78 is 2.10. The lowest BCUT2D eigenvalue weighted by atomic mass is 10.0. The normalized spacial score (nSPS) is 11.9. The Labute approximate surface area is 211 Å². The Morgan fingerprint density at radius 2 is 1.63 bits per heavy atom. The summed E-state index contributed by atoms with van der Waals surface area (Å²) in [5.41, 5.74) is 7.35. The molecule has 0 aliphatic rings. The van der Waals surface area contributed by atoms with E-state index in [4.69, 9.17) is 0 Å². The predicted molar refractivity (Wildman–Crippen MR) is 143 cm³/mol. The second kappa shape index (κ2) is 10.9. The van der Waals surface area contributed by atoms with Crippen molar-refractivity contribution in [2.24, 2.45) is 0 Å². The molecular formula is C28H31N5OS. The second-order valence-electron chi connectivity index (χ2n) is 8.53. The van der Waals surface area contributed by atoms with E-state index in [9.17, 15) is 4.79 Å². The molecule has 0 saturated heterocycles. The third-order valence-electron chi connectivity index (χ3n) is 6.12. The molecule has 1 amide bonds. The summed E-state index contributed by atoms with van der Waals surface area (Å²) in [5.74, 6) is 0.655. The van der Waals surface area contributed by atoms with Gasteiger partial charge in [-0.2, -0.15) is 0 Å². The lowest BCUT2D eigenvalue weighted by Gasteiger charge is -2.19. The SMILES string of the molecule is CCc1cccc(CC)c1-n1c(SC(C)C(=O)Nc2c(C)cccc2C)nnc1-c1cccnc1. The van der Waals surface area contributed by atoms with Crippen molar-refractivity contribution in [2.45, 2.75) is 57.9 Å². The van der Waals surface area contributed by atoms with E-state index in [2.05, 4.69) is 57.1 Å². The number of para-hydroxylation sites is 2. The van der Waals surface area contributed by atoms with Crippen LogP contribution in [-0.2, 0) is 17.6 Å². The van der Waals surface area contributed by atoms with Crippen molar-refractivity contribution in [3.8, 4) is 17.1 Å². The number of amides is 1. The van der Waals surface area contributed by atoms with Crippen LogP contribution in [0.2, 0.25) is 0 Å². The van der Waals surface area contributed by atoms with Crippen molar-refractivity contribution in [2.75, 3.05) is 5.32 Å². The van der Waals surface area contributed by atoms with Crippen LogP contribution < -0.4 is 5.32 Å².